The minimum atomic E-state index is -0.610. The lowest BCUT2D eigenvalue weighted by Gasteiger charge is -2.16. The first kappa shape index (κ1) is 15.3. The first-order valence-corrected chi connectivity index (χ1v) is 7.46. The fraction of sp³-hybridized carbons (Fsp3) is 0.333. The Hall–Kier alpha value is -2.08. The summed E-state index contributed by atoms with van der Waals surface area (Å²) >= 11 is 1.56. The summed E-state index contributed by atoms with van der Waals surface area (Å²) in [5, 5.41) is 5.72. The van der Waals surface area contributed by atoms with Crippen LogP contribution in [0.15, 0.2) is 29.6 Å². The minimum absolute atomic E-state index is 0.188. The smallest absolute Gasteiger partial charge is 0.261 e. The van der Waals surface area contributed by atoms with Gasteiger partial charge in [0, 0.05) is 5.38 Å². The number of rotatable bonds is 6. The van der Waals surface area contributed by atoms with Gasteiger partial charge in [-0.25, -0.2) is 4.98 Å². The van der Waals surface area contributed by atoms with Crippen LogP contribution in [0.4, 0.5) is 0 Å². The zero-order chi connectivity index (χ0) is 15.2. The van der Waals surface area contributed by atoms with Crippen molar-refractivity contribution in [3.8, 4) is 11.5 Å². The highest BCUT2D eigenvalue weighted by Crippen LogP contribution is 2.26. The molecule has 0 fully saturated rings. The number of nitrogens with zero attached hydrogens (tertiary/aromatic N) is 1. The van der Waals surface area contributed by atoms with Crippen molar-refractivity contribution in [2.24, 2.45) is 0 Å². The molecule has 0 saturated heterocycles. The van der Waals surface area contributed by atoms with Gasteiger partial charge in [0.25, 0.3) is 5.91 Å². The van der Waals surface area contributed by atoms with Crippen molar-refractivity contribution < 1.29 is 14.3 Å². The number of nitrogens with one attached hydrogen (secondary N) is 1. The van der Waals surface area contributed by atoms with Crippen molar-refractivity contribution in [2.75, 3.05) is 7.11 Å². The number of aromatic nitrogens is 1. The topological polar surface area (TPSA) is 60.5 Å². The third-order valence-electron chi connectivity index (χ3n) is 2.85. The minimum Gasteiger partial charge on any atom is -0.493 e. The lowest BCUT2D eigenvalue weighted by molar-refractivity contribution is -0.127. The molecule has 6 heteroatoms. The highest BCUT2D eigenvalue weighted by Gasteiger charge is 2.16. The molecule has 5 nitrogen and oxygen atoms in total. The number of methoxy groups -OCH3 is 1. The molecule has 21 heavy (non-hydrogen) atoms. The summed E-state index contributed by atoms with van der Waals surface area (Å²) in [6.45, 7) is 4.04. The summed E-state index contributed by atoms with van der Waals surface area (Å²) in [5.41, 5.74) is 0.857. The Kier molecular flexibility index (Phi) is 5.16. The Morgan fingerprint density at radius 1 is 1.38 bits per heavy atom. The molecule has 0 spiro atoms. The van der Waals surface area contributed by atoms with Crippen LogP contribution in [0.1, 0.15) is 17.6 Å². The van der Waals surface area contributed by atoms with Gasteiger partial charge in [0.2, 0.25) is 0 Å². The number of amides is 1. The molecule has 2 rings (SSSR count). The summed E-state index contributed by atoms with van der Waals surface area (Å²) in [4.78, 5) is 16.3. The maximum atomic E-state index is 12.0. The van der Waals surface area contributed by atoms with Gasteiger partial charge in [0.1, 0.15) is 0 Å². The molecule has 0 saturated carbocycles. The summed E-state index contributed by atoms with van der Waals surface area (Å²) in [6, 6.07) is 7.24. The predicted molar refractivity (Wildman–Crippen MR) is 81.8 cm³/mol. The number of carbonyl (C=O) groups is 1. The predicted octanol–water partition coefficient (Wildman–Crippen LogP) is 2.54. The Morgan fingerprint density at radius 3 is 2.71 bits per heavy atom. The number of hydrogen-bond donors (Lipinski definition) is 1. The maximum absolute atomic E-state index is 12.0. The standard InChI is InChI=1S/C15H18N2O3S/c1-10(20-14-7-5-4-6-13(14)19-3)15(18)16-8-12-9-21-11(2)17-12/h4-7,9-10H,8H2,1-3H3,(H,16,18)/t10-/m1/s1. The summed E-state index contributed by atoms with van der Waals surface area (Å²) in [7, 11) is 1.57. The van der Waals surface area contributed by atoms with E-state index in [0.29, 0.717) is 18.0 Å². The molecule has 0 aliphatic heterocycles. The van der Waals surface area contributed by atoms with Gasteiger partial charge in [-0.2, -0.15) is 0 Å². The number of hydrogen-bond acceptors (Lipinski definition) is 5. The molecule has 1 aromatic carbocycles. The molecular weight excluding hydrogens is 288 g/mol. The van der Waals surface area contributed by atoms with Crippen LogP contribution in [0, 0.1) is 6.92 Å². The van der Waals surface area contributed by atoms with Gasteiger partial charge in [-0.3, -0.25) is 4.79 Å². The number of carbonyl (C=O) groups excluding carboxylic acids is 1. The highest BCUT2D eigenvalue weighted by atomic mass is 32.1. The van der Waals surface area contributed by atoms with E-state index in [2.05, 4.69) is 10.3 Å². The lowest BCUT2D eigenvalue weighted by atomic mass is 10.3. The van der Waals surface area contributed by atoms with Crippen LogP contribution in [-0.2, 0) is 11.3 Å². The van der Waals surface area contributed by atoms with Crippen LogP contribution in [0.2, 0.25) is 0 Å². The van der Waals surface area contributed by atoms with Gasteiger partial charge < -0.3 is 14.8 Å². The first-order chi connectivity index (χ1) is 10.1. The van der Waals surface area contributed by atoms with Crippen molar-refractivity contribution in [3.05, 3.63) is 40.3 Å². The van der Waals surface area contributed by atoms with E-state index in [1.807, 2.05) is 24.4 Å². The van der Waals surface area contributed by atoms with Crippen LogP contribution in [0.3, 0.4) is 0 Å². The molecule has 0 aliphatic carbocycles. The van der Waals surface area contributed by atoms with Gasteiger partial charge in [-0.15, -0.1) is 11.3 Å². The third kappa shape index (κ3) is 4.19. The highest BCUT2D eigenvalue weighted by molar-refractivity contribution is 7.09. The number of ether oxygens (including phenoxy) is 2. The van der Waals surface area contributed by atoms with E-state index < -0.39 is 6.10 Å². The summed E-state index contributed by atoms with van der Waals surface area (Å²) in [6.07, 6.45) is -0.610. The third-order valence-corrected chi connectivity index (χ3v) is 3.67. The first-order valence-electron chi connectivity index (χ1n) is 6.58. The zero-order valence-electron chi connectivity index (χ0n) is 12.3. The molecule has 2 aromatic rings. The second-order valence-electron chi connectivity index (χ2n) is 4.49. The average Bonchev–Trinajstić information content (AvgIpc) is 2.91. The van der Waals surface area contributed by atoms with Crippen LogP contribution in [-0.4, -0.2) is 24.1 Å². The van der Waals surface area contributed by atoms with E-state index in [4.69, 9.17) is 9.47 Å². The molecule has 1 heterocycles. The van der Waals surface area contributed by atoms with Gasteiger partial charge >= 0.3 is 0 Å². The quantitative estimate of drug-likeness (QED) is 0.891. The van der Waals surface area contributed by atoms with Crippen molar-refractivity contribution in [1.29, 1.82) is 0 Å². The molecule has 1 atom stereocenters. The molecule has 0 radical (unpaired) electrons. The average molecular weight is 306 g/mol. The molecule has 0 aliphatic rings. The van der Waals surface area contributed by atoms with Crippen molar-refractivity contribution in [3.63, 3.8) is 0 Å². The largest absolute Gasteiger partial charge is 0.493 e. The fourth-order valence-electron chi connectivity index (χ4n) is 1.77. The van der Waals surface area contributed by atoms with E-state index >= 15 is 0 Å². The zero-order valence-corrected chi connectivity index (χ0v) is 13.1. The van der Waals surface area contributed by atoms with Crippen molar-refractivity contribution in [1.82, 2.24) is 10.3 Å². The lowest BCUT2D eigenvalue weighted by Crippen LogP contribution is -2.36. The SMILES string of the molecule is COc1ccccc1O[C@H](C)C(=O)NCc1csc(C)n1. The molecule has 112 valence electrons. The number of benzene rings is 1. The van der Waals surface area contributed by atoms with Gasteiger partial charge in [-0.05, 0) is 26.0 Å². The number of thiazole rings is 1. The van der Waals surface area contributed by atoms with E-state index in [0.717, 1.165) is 10.7 Å². The van der Waals surface area contributed by atoms with E-state index in [1.165, 1.54) is 0 Å². The van der Waals surface area contributed by atoms with E-state index in [9.17, 15) is 4.79 Å². The number of para-hydroxylation sites is 2. The second-order valence-corrected chi connectivity index (χ2v) is 5.55. The molecule has 1 N–H and O–H groups in total. The van der Waals surface area contributed by atoms with E-state index in [-0.39, 0.29) is 5.91 Å². The molecule has 1 amide bonds. The Labute approximate surface area is 127 Å². The number of aryl methyl sites for hydroxylation is 1. The molecular formula is C15H18N2O3S. The molecule has 1 aromatic heterocycles. The van der Waals surface area contributed by atoms with Gasteiger partial charge in [0.05, 0.1) is 24.4 Å². The van der Waals surface area contributed by atoms with Crippen LogP contribution >= 0.6 is 11.3 Å². The Morgan fingerprint density at radius 2 is 2.10 bits per heavy atom. The normalized spacial score (nSPS) is 11.8. The van der Waals surface area contributed by atoms with Gasteiger partial charge in [-0.1, -0.05) is 12.1 Å². The maximum Gasteiger partial charge on any atom is 0.261 e. The van der Waals surface area contributed by atoms with Crippen molar-refractivity contribution in [2.45, 2.75) is 26.5 Å². The Balaban J connectivity index is 1.90. The van der Waals surface area contributed by atoms with Crippen LogP contribution in [0.5, 0.6) is 11.5 Å². The second kappa shape index (κ2) is 7.08. The van der Waals surface area contributed by atoms with Gasteiger partial charge in [0.15, 0.2) is 17.6 Å². The van der Waals surface area contributed by atoms with Crippen LogP contribution < -0.4 is 14.8 Å². The Bertz CT molecular complexity index is 612. The monoisotopic (exact) mass is 306 g/mol. The fourth-order valence-corrected chi connectivity index (χ4v) is 2.38. The van der Waals surface area contributed by atoms with Crippen LogP contribution in [0.25, 0.3) is 0 Å². The van der Waals surface area contributed by atoms with Crippen molar-refractivity contribution >= 4 is 17.2 Å². The van der Waals surface area contributed by atoms with E-state index in [1.54, 1.807) is 37.5 Å². The summed E-state index contributed by atoms with van der Waals surface area (Å²) in [5.74, 6) is 0.964. The molecule has 0 bridgehead atoms. The molecule has 0 unspecified atom stereocenters. The summed E-state index contributed by atoms with van der Waals surface area (Å²) < 4.78 is 10.8.